The number of hydrazine groups is 1. The molecule has 0 aliphatic rings. The van der Waals surface area contributed by atoms with E-state index in [2.05, 4.69) is 0 Å². The van der Waals surface area contributed by atoms with E-state index < -0.39 is 11.7 Å². The molecule has 0 aromatic carbocycles. The third-order valence-corrected chi connectivity index (χ3v) is 2.39. The van der Waals surface area contributed by atoms with E-state index in [0.29, 0.717) is 5.70 Å². The van der Waals surface area contributed by atoms with Gasteiger partial charge in [-0.1, -0.05) is 19.9 Å². The number of alkyl halides is 3. The zero-order valence-corrected chi connectivity index (χ0v) is 11.0. The number of rotatable bonds is 4. The van der Waals surface area contributed by atoms with E-state index in [4.69, 9.17) is 5.84 Å². The molecule has 0 saturated heterocycles. The third kappa shape index (κ3) is 4.81. The summed E-state index contributed by atoms with van der Waals surface area (Å²) in [4.78, 5) is 0. The normalized spacial score (nSPS) is 14.8. The van der Waals surface area contributed by atoms with Crippen molar-refractivity contribution in [3.63, 3.8) is 0 Å². The summed E-state index contributed by atoms with van der Waals surface area (Å²) >= 11 is 0. The first-order chi connectivity index (χ1) is 7.61. The van der Waals surface area contributed by atoms with Gasteiger partial charge in [-0.05, 0) is 32.8 Å². The molecule has 0 heterocycles. The van der Waals surface area contributed by atoms with Gasteiger partial charge in [-0.15, -0.1) is 0 Å². The van der Waals surface area contributed by atoms with Crippen molar-refractivity contribution in [1.82, 2.24) is 5.01 Å². The molecule has 0 unspecified atom stereocenters. The number of nitrogens with zero attached hydrogens (tertiary/aromatic N) is 1. The number of halogens is 3. The summed E-state index contributed by atoms with van der Waals surface area (Å²) in [5.74, 6) is 5.71. The Hall–Kier alpha value is -0.970. The number of nitrogens with two attached hydrogens (primary N) is 1. The summed E-state index contributed by atoms with van der Waals surface area (Å²) in [5, 5.41) is 1.37. The van der Waals surface area contributed by atoms with Crippen LogP contribution in [-0.4, -0.2) is 17.2 Å². The first-order valence-electron chi connectivity index (χ1n) is 5.60. The zero-order valence-electron chi connectivity index (χ0n) is 11.0. The van der Waals surface area contributed by atoms with Crippen LogP contribution < -0.4 is 5.84 Å². The van der Waals surface area contributed by atoms with E-state index in [1.165, 1.54) is 11.9 Å². The van der Waals surface area contributed by atoms with Crippen molar-refractivity contribution in [2.45, 2.75) is 46.8 Å². The van der Waals surface area contributed by atoms with Crippen molar-refractivity contribution in [1.29, 1.82) is 0 Å². The lowest BCUT2D eigenvalue weighted by molar-refractivity contribution is -0.0885. The summed E-state index contributed by atoms with van der Waals surface area (Å²) in [5.41, 5.74) is -0.192. The number of hydrogen-bond donors (Lipinski definition) is 1. The zero-order chi connectivity index (χ0) is 13.8. The van der Waals surface area contributed by atoms with Crippen molar-refractivity contribution in [2.75, 3.05) is 0 Å². The number of hydrogen-bond acceptors (Lipinski definition) is 2. The molecule has 100 valence electrons. The van der Waals surface area contributed by atoms with E-state index in [9.17, 15) is 13.2 Å². The lowest BCUT2D eigenvalue weighted by Gasteiger charge is -2.29. The topological polar surface area (TPSA) is 29.3 Å². The van der Waals surface area contributed by atoms with Gasteiger partial charge in [0.1, 0.15) is 0 Å². The molecule has 17 heavy (non-hydrogen) atoms. The maximum atomic E-state index is 12.6. The van der Waals surface area contributed by atoms with Gasteiger partial charge in [-0.3, -0.25) is 0 Å². The molecule has 2 nitrogen and oxygen atoms in total. The van der Waals surface area contributed by atoms with Gasteiger partial charge in [-0.25, -0.2) is 5.84 Å². The molecule has 0 aromatic heterocycles. The molecule has 0 bridgehead atoms. The Morgan fingerprint density at radius 2 is 1.65 bits per heavy atom. The lowest BCUT2D eigenvalue weighted by atomic mass is 10.1. The van der Waals surface area contributed by atoms with E-state index in [1.807, 2.05) is 27.7 Å². The highest BCUT2D eigenvalue weighted by Gasteiger charge is 2.32. The second kappa shape index (κ2) is 6.10. The molecule has 5 heteroatoms. The highest BCUT2D eigenvalue weighted by Crippen LogP contribution is 2.29. The second-order valence-electron chi connectivity index (χ2n) is 4.47. The first-order valence-corrected chi connectivity index (χ1v) is 5.60. The van der Waals surface area contributed by atoms with E-state index in [-0.39, 0.29) is 12.0 Å². The van der Waals surface area contributed by atoms with Crippen LogP contribution >= 0.6 is 0 Å². The van der Waals surface area contributed by atoms with Crippen molar-refractivity contribution in [2.24, 2.45) is 11.8 Å². The van der Waals surface area contributed by atoms with Crippen molar-refractivity contribution in [3.8, 4) is 0 Å². The molecule has 0 atom stereocenters. The van der Waals surface area contributed by atoms with Crippen molar-refractivity contribution >= 4 is 0 Å². The maximum absolute atomic E-state index is 12.6. The maximum Gasteiger partial charge on any atom is 0.416 e. The largest absolute Gasteiger partial charge is 0.416 e. The van der Waals surface area contributed by atoms with Gasteiger partial charge in [-0.2, -0.15) is 13.2 Å². The van der Waals surface area contributed by atoms with Crippen LogP contribution in [0.15, 0.2) is 23.4 Å². The van der Waals surface area contributed by atoms with Gasteiger partial charge in [0, 0.05) is 11.7 Å². The first kappa shape index (κ1) is 16.0. The van der Waals surface area contributed by atoms with Gasteiger partial charge in [0.05, 0.1) is 5.57 Å². The molecule has 0 rings (SSSR count). The molecule has 0 aromatic rings. The quantitative estimate of drug-likeness (QED) is 0.469. The molecule has 0 spiro atoms. The Bertz CT molecular complexity index is 301. The van der Waals surface area contributed by atoms with Crippen molar-refractivity contribution < 1.29 is 13.2 Å². The summed E-state index contributed by atoms with van der Waals surface area (Å²) in [6.45, 7) is 8.67. The average molecular weight is 250 g/mol. The van der Waals surface area contributed by atoms with Crippen LogP contribution in [0.4, 0.5) is 13.2 Å². The molecule has 0 radical (unpaired) electrons. The van der Waals surface area contributed by atoms with Crippen LogP contribution in [0.25, 0.3) is 0 Å². The molecule has 0 aliphatic carbocycles. The van der Waals surface area contributed by atoms with Crippen LogP contribution in [0.2, 0.25) is 0 Å². The van der Waals surface area contributed by atoms with Gasteiger partial charge in [0.15, 0.2) is 0 Å². The molecule has 2 N–H and O–H groups in total. The summed E-state index contributed by atoms with van der Waals surface area (Å²) in [6, 6.07) is -0.0463. The van der Waals surface area contributed by atoms with E-state index in [0.717, 1.165) is 12.2 Å². The Morgan fingerprint density at radius 1 is 1.18 bits per heavy atom. The predicted molar refractivity (Wildman–Crippen MR) is 63.9 cm³/mol. The van der Waals surface area contributed by atoms with Crippen LogP contribution in [-0.2, 0) is 0 Å². The van der Waals surface area contributed by atoms with Crippen LogP contribution in [0.5, 0.6) is 0 Å². The van der Waals surface area contributed by atoms with Gasteiger partial charge in [0.2, 0.25) is 0 Å². The van der Waals surface area contributed by atoms with E-state index >= 15 is 0 Å². The van der Waals surface area contributed by atoms with Crippen LogP contribution in [0.1, 0.15) is 34.6 Å². The fourth-order valence-corrected chi connectivity index (χ4v) is 1.33. The van der Waals surface area contributed by atoms with Crippen LogP contribution in [0.3, 0.4) is 0 Å². The Morgan fingerprint density at radius 3 is 1.88 bits per heavy atom. The molecule has 0 aliphatic heterocycles. The SMILES string of the molecule is C/C=C(\C=C(\C(C)C)N(N)C(C)C)C(F)(F)F. The highest BCUT2D eigenvalue weighted by atomic mass is 19.4. The summed E-state index contributed by atoms with van der Waals surface area (Å²) < 4.78 is 37.9. The fraction of sp³-hybridized carbons (Fsp3) is 0.667. The standard InChI is InChI=1S/C12H21F3N2/c1-6-10(12(13,14)15)7-11(8(2)3)17(16)9(4)5/h6-9H,16H2,1-5H3/b10-6+,11-7-. The summed E-state index contributed by atoms with van der Waals surface area (Å²) in [7, 11) is 0. The van der Waals surface area contributed by atoms with E-state index in [1.54, 1.807) is 0 Å². The molecule has 0 amide bonds. The van der Waals surface area contributed by atoms with Gasteiger partial charge >= 0.3 is 6.18 Å². The molecular formula is C12H21F3N2. The third-order valence-electron chi connectivity index (χ3n) is 2.39. The van der Waals surface area contributed by atoms with Crippen molar-refractivity contribution in [3.05, 3.63) is 23.4 Å². The predicted octanol–water partition coefficient (Wildman–Crippen LogP) is 3.62. The number of allylic oxidation sites excluding steroid dienone is 4. The van der Waals surface area contributed by atoms with Crippen LogP contribution in [0, 0.1) is 5.92 Å². The minimum atomic E-state index is -4.34. The second-order valence-corrected chi connectivity index (χ2v) is 4.47. The highest BCUT2D eigenvalue weighted by molar-refractivity contribution is 5.27. The molecular weight excluding hydrogens is 229 g/mol. The Balaban J connectivity index is 5.34. The molecule has 0 fully saturated rings. The fourth-order valence-electron chi connectivity index (χ4n) is 1.33. The minimum Gasteiger partial charge on any atom is -0.312 e. The smallest absolute Gasteiger partial charge is 0.312 e. The van der Waals surface area contributed by atoms with Gasteiger partial charge in [0.25, 0.3) is 0 Å². The van der Waals surface area contributed by atoms with Gasteiger partial charge < -0.3 is 5.01 Å². The minimum absolute atomic E-state index is 0.0463. The lowest BCUT2D eigenvalue weighted by Crippen LogP contribution is -2.38. The Kier molecular flexibility index (Phi) is 5.75. The monoisotopic (exact) mass is 250 g/mol. The molecule has 0 saturated carbocycles. The Labute approximate surface area is 101 Å². The summed E-state index contributed by atoms with van der Waals surface area (Å²) in [6.07, 6.45) is -2.17. The average Bonchev–Trinajstić information content (AvgIpc) is 2.15.